The Morgan fingerprint density at radius 1 is 0.333 bits per heavy atom. The molecule has 0 bridgehead atoms. The van der Waals surface area contributed by atoms with Gasteiger partial charge in [-0.3, -0.25) is 0 Å². The van der Waals surface area contributed by atoms with E-state index in [0.717, 1.165) is 0 Å². The first kappa shape index (κ1) is 29.8. The molecule has 0 aromatic heterocycles. The van der Waals surface area contributed by atoms with Gasteiger partial charge in [0.15, 0.2) is 12.6 Å². The Morgan fingerprint density at radius 2 is 0.500 bits per heavy atom. The smallest absolute Gasteiger partial charge is 0.190 e. The molecule has 0 heterocycles. The highest BCUT2D eigenvalue weighted by molar-refractivity contribution is 4.81. The topological polar surface area (TPSA) is 55.4 Å². The van der Waals surface area contributed by atoms with E-state index < -0.39 is 46.2 Å². The highest BCUT2D eigenvalue weighted by atomic mass is 17.2. The molecule has 6 heteroatoms. The average molecular weight is 435 g/mol. The summed E-state index contributed by atoms with van der Waals surface area (Å²) in [5, 5.41) is 0. The quantitative estimate of drug-likeness (QED) is 0.238. The minimum absolute atomic E-state index is 0.417. The van der Waals surface area contributed by atoms with Gasteiger partial charge in [0.2, 0.25) is 0 Å². The Bertz CT molecular complexity index is 432. The molecule has 0 amide bonds. The van der Waals surface area contributed by atoms with Crippen LogP contribution in [0, 0.1) is 0 Å². The molecule has 0 aromatic carbocycles. The van der Waals surface area contributed by atoms with Crippen LogP contribution in [-0.2, 0) is 28.7 Å². The van der Waals surface area contributed by atoms with Crippen molar-refractivity contribution in [2.24, 2.45) is 0 Å². The van der Waals surface area contributed by atoms with E-state index in [1.54, 1.807) is 0 Å². The molecule has 30 heavy (non-hydrogen) atoms. The SMILES string of the molecule is CC(C)(C)OC(OC(C)(C)C)C(C)(C)OOC(C)(C)C(OC(C)(C)C)OC(C)(C)C. The lowest BCUT2D eigenvalue weighted by Gasteiger charge is -2.43. The maximum absolute atomic E-state index is 6.18. The summed E-state index contributed by atoms with van der Waals surface area (Å²) < 4.78 is 24.7. The minimum Gasteiger partial charge on any atom is -0.344 e. The van der Waals surface area contributed by atoms with Crippen molar-refractivity contribution in [2.75, 3.05) is 0 Å². The molecular formula is C24H50O6. The summed E-state index contributed by atoms with van der Waals surface area (Å²) in [6.07, 6.45) is -1.31. The van der Waals surface area contributed by atoms with Crippen molar-refractivity contribution in [1.29, 1.82) is 0 Å². The van der Waals surface area contributed by atoms with Crippen LogP contribution in [0.15, 0.2) is 0 Å². The molecule has 0 atom stereocenters. The van der Waals surface area contributed by atoms with Gasteiger partial charge in [-0.2, -0.15) is 0 Å². The highest BCUT2D eigenvalue weighted by Crippen LogP contribution is 2.33. The van der Waals surface area contributed by atoms with Gasteiger partial charge in [-0.05, 0) is 111 Å². The van der Waals surface area contributed by atoms with E-state index in [-0.39, 0.29) is 0 Å². The fraction of sp³-hybridized carbons (Fsp3) is 1.00. The van der Waals surface area contributed by atoms with Gasteiger partial charge >= 0.3 is 0 Å². The molecule has 182 valence electrons. The predicted octanol–water partition coefficient (Wildman–Crippen LogP) is 6.40. The van der Waals surface area contributed by atoms with E-state index in [1.807, 2.05) is 111 Å². The average Bonchev–Trinajstić information content (AvgIpc) is 2.38. The molecule has 0 rings (SSSR count). The van der Waals surface area contributed by atoms with Crippen LogP contribution in [0.1, 0.15) is 111 Å². The van der Waals surface area contributed by atoms with Crippen molar-refractivity contribution in [2.45, 2.75) is 157 Å². The van der Waals surface area contributed by atoms with Crippen LogP contribution >= 0.6 is 0 Å². The molecule has 0 aromatic rings. The lowest BCUT2D eigenvalue weighted by atomic mass is 10.1. The van der Waals surface area contributed by atoms with E-state index in [4.69, 9.17) is 28.7 Å². The second-order valence-corrected chi connectivity index (χ2v) is 13.0. The standard InChI is InChI=1S/C24H50O6/c1-19(2,3)25-17(26-20(4,5)6)23(13,14)29-30-24(15,16)18(27-21(7,8)9)28-22(10,11)12/h17-18H,1-16H3. The van der Waals surface area contributed by atoms with Crippen LogP contribution in [0.3, 0.4) is 0 Å². The van der Waals surface area contributed by atoms with Crippen molar-refractivity contribution in [3.63, 3.8) is 0 Å². The summed E-state index contributed by atoms with van der Waals surface area (Å²) in [6.45, 7) is 31.3. The highest BCUT2D eigenvalue weighted by Gasteiger charge is 2.44. The third kappa shape index (κ3) is 13.2. The first-order valence-corrected chi connectivity index (χ1v) is 10.9. The van der Waals surface area contributed by atoms with Gasteiger partial charge in [0.25, 0.3) is 0 Å². The number of hydrogen-bond donors (Lipinski definition) is 0. The molecule has 0 aliphatic carbocycles. The molecule has 0 saturated heterocycles. The van der Waals surface area contributed by atoms with Crippen LogP contribution in [-0.4, -0.2) is 46.2 Å². The van der Waals surface area contributed by atoms with Gasteiger partial charge in [0.05, 0.1) is 22.4 Å². The summed E-state index contributed by atoms with van der Waals surface area (Å²) >= 11 is 0. The van der Waals surface area contributed by atoms with Gasteiger partial charge in [0, 0.05) is 0 Å². The summed E-state index contributed by atoms with van der Waals surface area (Å²) in [5.41, 5.74) is -3.46. The number of rotatable bonds is 9. The van der Waals surface area contributed by atoms with Crippen LogP contribution < -0.4 is 0 Å². The first-order valence-electron chi connectivity index (χ1n) is 10.9. The van der Waals surface area contributed by atoms with E-state index in [1.165, 1.54) is 0 Å². The van der Waals surface area contributed by atoms with Crippen LogP contribution in [0.5, 0.6) is 0 Å². The third-order valence-corrected chi connectivity index (χ3v) is 3.45. The van der Waals surface area contributed by atoms with Crippen molar-refractivity contribution >= 4 is 0 Å². The van der Waals surface area contributed by atoms with Crippen LogP contribution in [0.4, 0.5) is 0 Å². The second-order valence-electron chi connectivity index (χ2n) is 13.0. The van der Waals surface area contributed by atoms with Crippen LogP contribution in [0.2, 0.25) is 0 Å². The van der Waals surface area contributed by atoms with E-state index in [2.05, 4.69) is 0 Å². The Balaban J connectivity index is 5.58. The summed E-state index contributed by atoms with van der Waals surface area (Å²) in [6, 6.07) is 0. The van der Waals surface area contributed by atoms with E-state index in [0.29, 0.717) is 0 Å². The lowest BCUT2D eigenvalue weighted by molar-refractivity contribution is -0.469. The second kappa shape index (κ2) is 9.72. The Labute approximate surface area is 186 Å². The molecule has 0 fully saturated rings. The Morgan fingerprint density at radius 3 is 0.633 bits per heavy atom. The Kier molecular flexibility index (Phi) is 9.64. The number of hydrogen-bond acceptors (Lipinski definition) is 6. The van der Waals surface area contributed by atoms with Crippen molar-refractivity contribution in [1.82, 2.24) is 0 Å². The molecule has 0 aliphatic rings. The lowest BCUT2D eigenvalue weighted by Crippen LogP contribution is -2.53. The molecule has 0 N–H and O–H groups in total. The monoisotopic (exact) mass is 434 g/mol. The van der Waals surface area contributed by atoms with Gasteiger partial charge in [-0.25, -0.2) is 9.78 Å². The van der Waals surface area contributed by atoms with Gasteiger partial charge < -0.3 is 18.9 Å². The van der Waals surface area contributed by atoms with Crippen molar-refractivity contribution < 1.29 is 28.7 Å². The van der Waals surface area contributed by atoms with E-state index in [9.17, 15) is 0 Å². The zero-order chi connectivity index (χ0) is 24.4. The zero-order valence-corrected chi connectivity index (χ0v) is 22.6. The fourth-order valence-electron chi connectivity index (χ4n) is 2.19. The maximum Gasteiger partial charge on any atom is 0.190 e. The maximum atomic E-state index is 6.18. The third-order valence-electron chi connectivity index (χ3n) is 3.45. The summed E-state index contributed by atoms with van der Waals surface area (Å²) in [5.74, 6) is 0. The molecular weight excluding hydrogens is 384 g/mol. The number of ether oxygens (including phenoxy) is 4. The summed E-state index contributed by atoms with van der Waals surface area (Å²) in [4.78, 5) is 11.9. The van der Waals surface area contributed by atoms with Gasteiger partial charge in [-0.15, -0.1) is 0 Å². The zero-order valence-electron chi connectivity index (χ0n) is 22.6. The molecule has 0 saturated carbocycles. The van der Waals surface area contributed by atoms with E-state index >= 15 is 0 Å². The van der Waals surface area contributed by atoms with Gasteiger partial charge in [-0.1, -0.05) is 0 Å². The van der Waals surface area contributed by atoms with Gasteiger partial charge in [0.1, 0.15) is 11.2 Å². The molecule has 6 nitrogen and oxygen atoms in total. The predicted molar refractivity (Wildman–Crippen MR) is 121 cm³/mol. The summed E-state index contributed by atoms with van der Waals surface area (Å²) in [7, 11) is 0. The minimum atomic E-state index is -0.897. The van der Waals surface area contributed by atoms with Crippen molar-refractivity contribution in [3.8, 4) is 0 Å². The molecule has 0 spiro atoms. The normalized spacial score (nSPS) is 15.4. The molecule has 0 unspecified atom stereocenters. The Hall–Kier alpha value is -0.240. The molecule has 0 radical (unpaired) electrons. The van der Waals surface area contributed by atoms with Crippen LogP contribution in [0.25, 0.3) is 0 Å². The fourth-order valence-corrected chi connectivity index (χ4v) is 2.19. The first-order chi connectivity index (χ1) is 12.8. The largest absolute Gasteiger partial charge is 0.344 e. The van der Waals surface area contributed by atoms with Crippen molar-refractivity contribution in [3.05, 3.63) is 0 Å². The molecule has 0 aliphatic heterocycles.